The van der Waals surface area contributed by atoms with Gasteiger partial charge in [0, 0.05) is 21.8 Å². The van der Waals surface area contributed by atoms with Crippen LogP contribution in [0.3, 0.4) is 0 Å². The van der Waals surface area contributed by atoms with Crippen molar-refractivity contribution in [1.29, 1.82) is 0 Å². The van der Waals surface area contributed by atoms with E-state index in [-0.39, 0.29) is 5.92 Å². The molecule has 1 aromatic heterocycles. The van der Waals surface area contributed by atoms with Crippen molar-refractivity contribution in [2.45, 2.75) is 43.9 Å². The number of hydrogen-bond acceptors (Lipinski definition) is 3. The number of aromatic nitrogens is 2. The summed E-state index contributed by atoms with van der Waals surface area (Å²) in [6.07, 6.45) is 36.4. The lowest BCUT2D eigenvalue weighted by Gasteiger charge is -2.49. The Bertz CT molecular complexity index is 2540. The van der Waals surface area contributed by atoms with Gasteiger partial charge in [-0.15, -0.1) is 0 Å². The fourth-order valence-electron chi connectivity index (χ4n) is 9.20. The summed E-state index contributed by atoms with van der Waals surface area (Å²) < 4.78 is 0. The lowest BCUT2D eigenvalue weighted by atomic mass is 9.55. The van der Waals surface area contributed by atoms with E-state index < -0.39 is 5.41 Å². The maximum atomic E-state index is 5.49. The Morgan fingerprint density at radius 1 is 0.698 bits per heavy atom. The van der Waals surface area contributed by atoms with E-state index in [2.05, 4.69) is 171 Å². The highest BCUT2D eigenvalue weighted by atomic mass is 32.2. The Morgan fingerprint density at radius 2 is 1.55 bits per heavy atom. The van der Waals surface area contributed by atoms with Gasteiger partial charge in [0.2, 0.25) is 0 Å². The number of hydrogen-bond donors (Lipinski definition) is 0. The molecule has 0 fully saturated rings. The van der Waals surface area contributed by atoms with E-state index in [1.807, 2.05) is 11.8 Å². The van der Waals surface area contributed by atoms with Gasteiger partial charge in [0.05, 0.1) is 16.6 Å². The maximum absolute atomic E-state index is 5.49. The summed E-state index contributed by atoms with van der Waals surface area (Å²) in [6.45, 7) is 2.29. The predicted octanol–water partition coefficient (Wildman–Crippen LogP) is 12.5. The molecule has 10 rings (SSSR count). The summed E-state index contributed by atoms with van der Waals surface area (Å²) >= 11 is 2.00. The van der Waals surface area contributed by atoms with Crippen molar-refractivity contribution >= 4 is 22.7 Å². The fourth-order valence-corrected chi connectivity index (χ4v) is 10.6. The number of thioether (sulfide) groups is 1. The molecule has 2 nitrogen and oxygen atoms in total. The zero-order chi connectivity index (χ0) is 35.4. The van der Waals surface area contributed by atoms with Gasteiger partial charge in [-0.2, -0.15) is 0 Å². The van der Waals surface area contributed by atoms with Crippen LogP contribution in [0, 0.1) is 5.92 Å². The standard InChI is InChI=1S/C50H40N2S/c1-33-15-4-2-7-26-46-43(29-27-33)50(44-30-28-34-16-8-9-20-37(31-34)48(44)53-46)41-23-12-10-19-36(41)32-40-38(22-14-24-42(40)50)47-39-21-11-13-25-45(39)51-49(52-47)35-17-5-3-6-18-35/h2-21,23-25,27-30,33,38H,22,26,31-32H2,1H3/b7-2-,15-4-,29-27?. The lowest BCUT2D eigenvalue weighted by Crippen LogP contribution is -2.41. The van der Waals surface area contributed by atoms with Crippen LogP contribution in [0.15, 0.2) is 207 Å². The van der Waals surface area contributed by atoms with Crippen LogP contribution >= 0.6 is 11.8 Å². The number of rotatable bonds is 2. The molecule has 0 saturated heterocycles. The second kappa shape index (κ2) is 13.2. The number of allylic oxidation sites excluding steroid dienone is 21. The summed E-state index contributed by atoms with van der Waals surface area (Å²) in [5, 5.41) is 1.14. The van der Waals surface area contributed by atoms with Gasteiger partial charge >= 0.3 is 0 Å². The third-order valence-corrected chi connectivity index (χ3v) is 12.9. The average Bonchev–Trinajstić information content (AvgIpc) is 3.55. The van der Waals surface area contributed by atoms with Gasteiger partial charge in [-0.25, -0.2) is 9.97 Å². The van der Waals surface area contributed by atoms with Gasteiger partial charge in [-0.3, -0.25) is 0 Å². The van der Waals surface area contributed by atoms with Gasteiger partial charge in [0.25, 0.3) is 0 Å². The molecule has 3 atom stereocenters. The minimum Gasteiger partial charge on any atom is -0.232 e. The largest absolute Gasteiger partial charge is 0.232 e. The number of nitrogens with zero attached hydrogens (tertiary/aromatic N) is 2. The van der Waals surface area contributed by atoms with E-state index in [1.54, 1.807) is 0 Å². The Hall–Kier alpha value is -5.51. The monoisotopic (exact) mass is 700 g/mol. The van der Waals surface area contributed by atoms with E-state index in [4.69, 9.17) is 9.97 Å². The van der Waals surface area contributed by atoms with Crippen LogP contribution < -0.4 is 0 Å². The Balaban J connectivity index is 1.30. The molecule has 5 aliphatic carbocycles. The van der Waals surface area contributed by atoms with E-state index in [0.29, 0.717) is 5.92 Å². The van der Waals surface area contributed by atoms with Crippen LogP contribution in [0.1, 0.15) is 48.9 Å². The molecule has 0 radical (unpaired) electrons. The number of benzene rings is 3. The Kier molecular flexibility index (Phi) is 7.99. The lowest BCUT2D eigenvalue weighted by molar-refractivity contribution is 0.630. The molecule has 0 saturated carbocycles. The van der Waals surface area contributed by atoms with Crippen LogP contribution in [0.2, 0.25) is 0 Å². The van der Waals surface area contributed by atoms with Gasteiger partial charge in [-0.05, 0) is 81.6 Å². The van der Waals surface area contributed by atoms with Crippen LogP contribution in [0.5, 0.6) is 0 Å². The first kappa shape index (κ1) is 32.2. The highest BCUT2D eigenvalue weighted by molar-refractivity contribution is 8.07. The summed E-state index contributed by atoms with van der Waals surface area (Å²) in [5.41, 5.74) is 13.9. The van der Waals surface area contributed by atoms with E-state index in [9.17, 15) is 0 Å². The molecule has 6 aliphatic rings. The van der Waals surface area contributed by atoms with Crippen molar-refractivity contribution < 1.29 is 0 Å². The highest BCUT2D eigenvalue weighted by Crippen LogP contribution is 2.63. The molecule has 3 heteroatoms. The van der Waals surface area contributed by atoms with E-state index >= 15 is 0 Å². The SMILES string of the molecule is CC1C=CC2=C(C/C=C\C=C/1)SC1=C(C=CC3=CC=CC=C1C3)C21C2=C(Cc3ccccc31)C(c1nc(-c3ccccc3)nc3ccccc13)CC=C2. The van der Waals surface area contributed by atoms with Crippen LogP contribution in [-0.4, -0.2) is 9.97 Å². The second-order valence-corrected chi connectivity index (χ2v) is 15.9. The summed E-state index contributed by atoms with van der Waals surface area (Å²) in [7, 11) is 0. The van der Waals surface area contributed by atoms with Gasteiger partial charge in [0.15, 0.2) is 5.82 Å². The molecular formula is C50H40N2S. The second-order valence-electron chi connectivity index (χ2n) is 14.8. The third-order valence-electron chi connectivity index (χ3n) is 11.6. The van der Waals surface area contributed by atoms with Crippen LogP contribution in [0.4, 0.5) is 0 Å². The van der Waals surface area contributed by atoms with Crippen LogP contribution in [0.25, 0.3) is 22.3 Å². The van der Waals surface area contributed by atoms with Crippen molar-refractivity contribution in [3.8, 4) is 11.4 Å². The first-order chi connectivity index (χ1) is 26.2. The molecular weight excluding hydrogens is 661 g/mol. The fraction of sp³-hybridized carbons (Fsp3) is 0.160. The Morgan fingerprint density at radius 3 is 2.49 bits per heavy atom. The molecule has 53 heavy (non-hydrogen) atoms. The normalized spacial score (nSPS) is 25.5. The molecule has 2 heterocycles. The van der Waals surface area contributed by atoms with Gasteiger partial charge in [0.1, 0.15) is 0 Å². The molecule has 256 valence electrons. The molecule has 4 aromatic rings. The van der Waals surface area contributed by atoms with Crippen molar-refractivity contribution in [2.24, 2.45) is 5.92 Å². The summed E-state index contributed by atoms with van der Waals surface area (Å²) in [6, 6.07) is 28.4. The third kappa shape index (κ3) is 5.32. The molecule has 3 unspecified atom stereocenters. The van der Waals surface area contributed by atoms with Crippen molar-refractivity contribution in [1.82, 2.24) is 9.97 Å². The first-order valence-electron chi connectivity index (χ1n) is 18.9. The smallest absolute Gasteiger partial charge is 0.160 e. The van der Waals surface area contributed by atoms with E-state index in [1.165, 1.54) is 54.4 Å². The van der Waals surface area contributed by atoms with Crippen molar-refractivity contribution in [3.05, 3.63) is 224 Å². The number of fused-ring (bicyclic) bond motifs is 9. The Labute approximate surface area is 316 Å². The molecule has 2 bridgehead atoms. The van der Waals surface area contributed by atoms with Gasteiger partial charge < -0.3 is 0 Å². The summed E-state index contributed by atoms with van der Waals surface area (Å²) in [4.78, 5) is 13.4. The first-order valence-corrected chi connectivity index (χ1v) is 19.7. The minimum absolute atomic E-state index is 0.102. The number of para-hydroxylation sites is 1. The van der Waals surface area contributed by atoms with E-state index in [0.717, 1.165) is 53.7 Å². The topological polar surface area (TPSA) is 25.8 Å². The quantitative estimate of drug-likeness (QED) is 0.208. The molecule has 1 spiro atoms. The molecule has 3 aromatic carbocycles. The maximum Gasteiger partial charge on any atom is 0.160 e. The molecule has 1 aliphatic heterocycles. The van der Waals surface area contributed by atoms with Gasteiger partial charge in [-0.1, -0.05) is 182 Å². The summed E-state index contributed by atoms with van der Waals surface area (Å²) in [5.74, 6) is 1.20. The molecule has 0 amide bonds. The van der Waals surface area contributed by atoms with Crippen molar-refractivity contribution in [2.75, 3.05) is 0 Å². The van der Waals surface area contributed by atoms with Crippen molar-refractivity contribution in [3.63, 3.8) is 0 Å². The highest BCUT2D eigenvalue weighted by Gasteiger charge is 2.52. The zero-order valence-corrected chi connectivity index (χ0v) is 30.7. The zero-order valence-electron chi connectivity index (χ0n) is 29.9. The van der Waals surface area contributed by atoms with Crippen LogP contribution in [-0.2, 0) is 11.8 Å². The predicted molar refractivity (Wildman–Crippen MR) is 222 cm³/mol. The molecule has 0 N–H and O–H groups in total. The average molecular weight is 701 g/mol. The minimum atomic E-state index is -0.499.